The van der Waals surface area contributed by atoms with Gasteiger partial charge in [0.2, 0.25) is 0 Å². The molecule has 0 aliphatic rings. The summed E-state index contributed by atoms with van der Waals surface area (Å²) in [7, 11) is 0. The van der Waals surface area contributed by atoms with E-state index < -0.39 is 0 Å². The lowest BCUT2D eigenvalue weighted by Crippen LogP contribution is -2.02. The van der Waals surface area contributed by atoms with Gasteiger partial charge in [-0.15, -0.1) is 0 Å². The number of aromatic nitrogens is 5. The zero-order chi connectivity index (χ0) is 46.1. The molecule has 0 saturated heterocycles. The smallest absolute Gasteiger partial charge is 0.164 e. The Morgan fingerprint density at radius 2 is 0.757 bits per heavy atom. The van der Waals surface area contributed by atoms with Crippen molar-refractivity contribution in [1.82, 2.24) is 24.1 Å². The van der Waals surface area contributed by atoms with Crippen LogP contribution in [0.2, 0.25) is 0 Å². The van der Waals surface area contributed by atoms with Gasteiger partial charge in [-0.25, -0.2) is 15.0 Å². The molecule has 11 aromatic carbocycles. The van der Waals surface area contributed by atoms with Crippen LogP contribution in [-0.4, -0.2) is 24.1 Å². The van der Waals surface area contributed by atoms with Gasteiger partial charge in [0.1, 0.15) is 0 Å². The second-order valence-electron chi connectivity index (χ2n) is 18.0. The van der Waals surface area contributed by atoms with Gasteiger partial charge in [-0.1, -0.05) is 200 Å². The zero-order valence-corrected chi connectivity index (χ0v) is 37.9. The van der Waals surface area contributed by atoms with Gasteiger partial charge in [0.15, 0.2) is 17.5 Å². The normalized spacial score (nSPS) is 11.7. The maximum atomic E-state index is 5.29. The molecule has 0 bridgehead atoms. The summed E-state index contributed by atoms with van der Waals surface area (Å²) in [6, 6.07) is 88.7. The minimum absolute atomic E-state index is 0.616. The molecule has 14 rings (SSSR count). The van der Waals surface area contributed by atoms with Crippen LogP contribution < -0.4 is 0 Å². The maximum Gasteiger partial charge on any atom is 0.164 e. The number of para-hydroxylation sites is 2. The van der Waals surface area contributed by atoms with E-state index in [2.05, 4.69) is 246 Å². The quantitative estimate of drug-likeness (QED) is 0.160. The van der Waals surface area contributed by atoms with Crippen LogP contribution in [0.25, 0.3) is 133 Å². The Balaban J connectivity index is 0.978. The molecule has 5 heteroatoms. The molecular formula is C65H41N5. The van der Waals surface area contributed by atoms with Crippen molar-refractivity contribution >= 4 is 65.2 Å². The first-order valence-electron chi connectivity index (χ1n) is 23.8. The first-order chi connectivity index (χ1) is 34.7. The topological polar surface area (TPSA) is 48.5 Å². The van der Waals surface area contributed by atoms with Crippen LogP contribution in [-0.2, 0) is 0 Å². The van der Waals surface area contributed by atoms with E-state index >= 15 is 0 Å². The van der Waals surface area contributed by atoms with Crippen molar-refractivity contribution in [2.75, 3.05) is 0 Å². The van der Waals surface area contributed by atoms with E-state index in [1.54, 1.807) is 0 Å². The molecular weight excluding hydrogens is 851 g/mol. The monoisotopic (exact) mass is 891 g/mol. The van der Waals surface area contributed by atoms with E-state index in [-0.39, 0.29) is 0 Å². The lowest BCUT2D eigenvalue weighted by Gasteiger charge is -2.15. The molecule has 0 fully saturated rings. The number of hydrogen-bond acceptors (Lipinski definition) is 3. The average Bonchev–Trinajstić information content (AvgIpc) is 3.95. The molecule has 0 amide bonds. The fraction of sp³-hybridized carbons (Fsp3) is 0. The summed E-state index contributed by atoms with van der Waals surface area (Å²) < 4.78 is 4.88. The number of rotatable bonds is 7. The SMILES string of the molecule is c1ccc(-c2ccc(-c3nc(-c4ccc(-c5ccccc5)cc4)nc(-c4ccc(-n5c6ccccc6c6cc7c8c9ccccc9ccc8n(-c8ccccc8)c7cc65)c5ccccc45)n3)cc2)cc1. The van der Waals surface area contributed by atoms with Crippen LogP contribution >= 0.6 is 0 Å². The molecule has 0 spiro atoms. The summed E-state index contributed by atoms with van der Waals surface area (Å²) in [5, 5.41) is 9.55. The molecule has 0 aliphatic heterocycles. The minimum atomic E-state index is 0.616. The molecule has 0 atom stereocenters. The predicted molar refractivity (Wildman–Crippen MR) is 291 cm³/mol. The molecule has 0 saturated carbocycles. The lowest BCUT2D eigenvalue weighted by molar-refractivity contribution is 1.08. The molecule has 0 aliphatic carbocycles. The largest absolute Gasteiger partial charge is 0.309 e. The van der Waals surface area contributed by atoms with Gasteiger partial charge in [0, 0.05) is 49.3 Å². The number of hydrogen-bond donors (Lipinski definition) is 0. The van der Waals surface area contributed by atoms with Crippen molar-refractivity contribution < 1.29 is 0 Å². The molecule has 70 heavy (non-hydrogen) atoms. The highest BCUT2D eigenvalue weighted by molar-refractivity contribution is 6.25. The summed E-state index contributed by atoms with van der Waals surface area (Å²) in [5.41, 5.74) is 14.2. The highest BCUT2D eigenvalue weighted by Gasteiger charge is 2.22. The molecule has 0 N–H and O–H groups in total. The van der Waals surface area contributed by atoms with Gasteiger partial charge < -0.3 is 9.13 Å². The first-order valence-corrected chi connectivity index (χ1v) is 23.8. The Morgan fingerprint density at radius 1 is 0.257 bits per heavy atom. The summed E-state index contributed by atoms with van der Waals surface area (Å²) in [6.07, 6.45) is 0. The Morgan fingerprint density at radius 3 is 1.41 bits per heavy atom. The van der Waals surface area contributed by atoms with E-state index in [9.17, 15) is 0 Å². The second kappa shape index (κ2) is 16.1. The van der Waals surface area contributed by atoms with Crippen LogP contribution in [0.5, 0.6) is 0 Å². The van der Waals surface area contributed by atoms with Gasteiger partial charge in [0.25, 0.3) is 0 Å². The third kappa shape index (κ3) is 6.44. The van der Waals surface area contributed by atoms with Gasteiger partial charge in [-0.05, 0) is 86.9 Å². The first kappa shape index (κ1) is 39.7. The molecule has 5 nitrogen and oxygen atoms in total. The second-order valence-corrected chi connectivity index (χ2v) is 18.0. The average molecular weight is 892 g/mol. The van der Waals surface area contributed by atoms with E-state index in [1.165, 1.54) is 37.8 Å². The molecule has 3 aromatic heterocycles. The van der Waals surface area contributed by atoms with Crippen LogP contribution in [0.4, 0.5) is 0 Å². The number of fused-ring (bicyclic) bond motifs is 9. The fourth-order valence-electron chi connectivity index (χ4n) is 10.7. The van der Waals surface area contributed by atoms with Crippen molar-refractivity contribution in [3.63, 3.8) is 0 Å². The predicted octanol–water partition coefficient (Wildman–Crippen LogP) is 16.7. The Bertz CT molecular complexity index is 4210. The highest BCUT2D eigenvalue weighted by Crippen LogP contribution is 2.43. The maximum absolute atomic E-state index is 5.29. The minimum Gasteiger partial charge on any atom is -0.309 e. The van der Waals surface area contributed by atoms with Crippen molar-refractivity contribution in [2.45, 2.75) is 0 Å². The number of nitrogens with zero attached hydrogens (tertiary/aromatic N) is 5. The third-order valence-corrected chi connectivity index (χ3v) is 14.0. The van der Waals surface area contributed by atoms with E-state index in [4.69, 9.17) is 15.0 Å². The molecule has 3 heterocycles. The standard InChI is InChI=1S/C65H41N5/c1-4-16-42(17-5-1)44-28-32-47(33-29-44)63-66-64(48-34-30-45(31-35-48)43-18-6-2-7-19-43)68-65(67-63)54-37-39-58(52-25-13-12-24-51(52)54)70-57-27-15-14-26-53(57)55-40-56-61(41-60(55)70)69(49-21-8-3-9-22-49)59-38-36-46-20-10-11-23-50(46)62(56)59/h1-41H. The Labute approximate surface area is 403 Å². The summed E-state index contributed by atoms with van der Waals surface area (Å²) in [5.74, 6) is 1.85. The molecule has 326 valence electrons. The van der Waals surface area contributed by atoms with Crippen LogP contribution in [0.15, 0.2) is 249 Å². The summed E-state index contributed by atoms with van der Waals surface area (Å²) in [6.45, 7) is 0. The van der Waals surface area contributed by atoms with E-state index in [1.807, 2.05) is 12.1 Å². The van der Waals surface area contributed by atoms with Gasteiger partial charge in [-0.3, -0.25) is 0 Å². The lowest BCUT2D eigenvalue weighted by atomic mass is 10.0. The van der Waals surface area contributed by atoms with Crippen molar-refractivity contribution in [2.24, 2.45) is 0 Å². The molecule has 0 radical (unpaired) electrons. The van der Waals surface area contributed by atoms with Gasteiger partial charge in [-0.2, -0.15) is 0 Å². The molecule has 0 unspecified atom stereocenters. The fourth-order valence-corrected chi connectivity index (χ4v) is 10.7. The van der Waals surface area contributed by atoms with Crippen molar-refractivity contribution in [3.05, 3.63) is 249 Å². The Hall–Kier alpha value is -9.45. The highest BCUT2D eigenvalue weighted by atomic mass is 15.0. The van der Waals surface area contributed by atoms with E-state index in [0.717, 1.165) is 77.6 Å². The van der Waals surface area contributed by atoms with Gasteiger partial charge in [0.05, 0.1) is 27.8 Å². The zero-order valence-electron chi connectivity index (χ0n) is 37.9. The Kier molecular flexibility index (Phi) is 9.14. The van der Waals surface area contributed by atoms with Crippen LogP contribution in [0.3, 0.4) is 0 Å². The van der Waals surface area contributed by atoms with Crippen molar-refractivity contribution in [3.8, 4) is 67.8 Å². The van der Waals surface area contributed by atoms with Crippen LogP contribution in [0, 0.1) is 0 Å². The van der Waals surface area contributed by atoms with Gasteiger partial charge >= 0.3 is 0 Å². The number of benzene rings is 11. The van der Waals surface area contributed by atoms with E-state index in [0.29, 0.717) is 17.5 Å². The third-order valence-electron chi connectivity index (χ3n) is 14.0. The summed E-state index contributed by atoms with van der Waals surface area (Å²) >= 11 is 0. The van der Waals surface area contributed by atoms with Crippen LogP contribution in [0.1, 0.15) is 0 Å². The van der Waals surface area contributed by atoms with Crippen molar-refractivity contribution in [1.29, 1.82) is 0 Å². The summed E-state index contributed by atoms with van der Waals surface area (Å²) in [4.78, 5) is 15.8. The molecule has 14 aromatic rings.